The molecule has 2 fully saturated rings. The van der Waals surface area contributed by atoms with Gasteiger partial charge in [-0.2, -0.15) is 0 Å². The number of anilines is 1. The van der Waals surface area contributed by atoms with E-state index in [0.29, 0.717) is 4.91 Å². The molecule has 0 aliphatic carbocycles. The quantitative estimate of drug-likeness (QED) is 0.757. The van der Waals surface area contributed by atoms with E-state index < -0.39 is 0 Å². The standard InChI is InChI=1S/C17H22N4O2S.ClH/c1-18-6-7-20-8-10-21(11-9-20)14-5-3-2-4-13(14)12-15-16(22)19-17(23)24-15;/h2-5,12,18H,6-11H2,1H3,(H,19,22,23);1H/b15-12+;. The molecule has 0 bridgehead atoms. The Morgan fingerprint density at radius 3 is 2.56 bits per heavy atom. The summed E-state index contributed by atoms with van der Waals surface area (Å²) in [6, 6.07) is 8.04. The Morgan fingerprint density at radius 1 is 1.20 bits per heavy atom. The van der Waals surface area contributed by atoms with E-state index in [2.05, 4.69) is 26.5 Å². The number of para-hydroxylation sites is 1. The molecule has 0 aromatic heterocycles. The van der Waals surface area contributed by atoms with Crippen LogP contribution in [-0.2, 0) is 4.79 Å². The van der Waals surface area contributed by atoms with Crippen molar-refractivity contribution in [1.82, 2.24) is 15.5 Å². The highest BCUT2D eigenvalue weighted by atomic mass is 35.5. The maximum atomic E-state index is 11.8. The summed E-state index contributed by atoms with van der Waals surface area (Å²) < 4.78 is 0. The van der Waals surface area contributed by atoms with E-state index >= 15 is 0 Å². The number of carbonyl (C=O) groups excluding carboxylic acids is 2. The van der Waals surface area contributed by atoms with E-state index in [4.69, 9.17) is 0 Å². The van der Waals surface area contributed by atoms with E-state index in [1.54, 1.807) is 0 Å². The Bertz CT molecular complexity index is 660. The summed E-state index contributed by atoms with van der Waals surface area (Å²) in [5.41, 5.74) is 2.10. The molecule has 0 atom stereocenters. The van der Waals surface area contributed by atoms with Crippen LogP contribution in [0.1, 0.15) is 5.56 Å². The summed E-state index contributed by atoms with van der Waals surface area (Å²) in [4.78, 5) is 28.4. The first-order chi connectivity index (χ1) is 11.7. The van der Waals surface area contributed by atoms with Gasteiger partial charge in [-0.3, -0.25) is 19.8 Å². The van der Waals surface area contributed by atoms with E-state index in [9.17, 15) is 9.59 Å². The number of hydrogen-bond donors (Lipinski definition) is 2. The number of halogens is 1. The summed E-state index contributed by atoms with van der Waals surface area (Å²) >= 11 is 0.961. The number of rotatable bonds is 5. The zero-order valence-corrected chi connectivity index (χ0v) is 15.8. The molecule has 0 saturated carbocycles. The minimum atomic E-state index is -0.309. The molecule has 1 aromatic carbocycles. The lowest BCUT2D eigenvalue weighted by Crippen LogP contribution is -2.48. The molecule has 0 spiro atoms. The van der Waals surface area contributed by atoms with E-state index in [1.807, 2.05) is 31.3 Å². The molecule has 2 N–H and O–H groups in total. The first-order valence-corrected chi connectivity index (χ1v) is 8.95. The van der Waals surface area contributed by atoms with Gasteiger partial charge >= 0.3 is 0 Å². The van der Waals surface area contributed by atoms with Gasteiger partial charge in [-0.05, 0) is 36.5 Å². The molecule has 0 unspecified atom stereocenters. The minimum Gasteiger partial charge on any atom is -0.368 e. The molecule has 2 saturated heterocycles. The van der Waals surface area contributed by atoms with Crippen LogP contribution >= 0.6 is 24.2 Å². The molecule has 0 radical (unpaired) electrons. The average molecular weight is 383 g/mol. The van der Waals surface area contributed by atoms with E-state index in [-0.39, 0.29) is 23.6 Å². The number of nitrogens with zero attached hydrogens (tertiary/aromatic N) is 2. The van der Waals surface area contributed by atoms with Crippen molar-refractivity contribution in [2.45, 2.75) is 0 Å². The van der Waals surface area contributed by atoms with E-state index in [1.165, 1.54) is 0 Å². The average Bonchev–Trinajstić information content (AvgIpc) is 2.91. The summed E-state index contributed by atoms with van der Waals surface area (Å²) in [5.74, 6) is -0.309. The van der Waals surface area contributed by atoms with Crippen LogP contribution in [0.2, 0.25) is 0 Å². The number of benzene rings is 1. The Labute approximate surface area is 158 Å². The zero-order chi connectivity index (χ0) is 16.9. The van der Waals surface area contributed by atoms with Gasteiger partial charge in [0.1, 0.15) is 0 Å². The number of thioether (sulfide) groups is 1. The summed E-state index contributed by atoms with van der Waals surface area (Å²) in [5, 5.41) is 5.18. The second-order valence-electron chi connectivity index (χ2n) is 5.84. The second-order valence-corrected chi connectivity index (χ2v) is 6.86. The van der Waals surface area contributed by atoms with Crippen LogP contribution in [-0.4, -0.2) is 62.4 Å². The van der Waals surface area contributed by atoms with Crippen LogP contribution in [0.5, 0.6) is 0 Å². The van der Waals surface area contributed by atoms with Crippen molar-refractivity contribution in [1.29, 1.82) is 0 Å². The predicted octanol–water partition coefficient (Wildman–Crippen LogP) is 1.77. The summed E-state index contributed by atoms with van der Waals surface area (Å²) in [6.45, 7) is 6.04. The van der Waals surface area contributed by atoms with Crippen molar-refractivity contribution >= 4 is 47.1 Å². The number of nitrogens with one attached hydrogen (secondary N) is 2. The van der Waals surface area contributed by atoms with Crippen molar-refractivity contribution in [3.05, 3.63) is 34.7 Å². The lowest BCUT2D eigenvalue weighted by molar-refractivity contribution is -0.115. The highest BCUT2D eigenvalue weighted by Crippen LogP contribution is 2.30. The van der Waals surface area contributed by atoms with Gasteiger partial charge in [-0.15, -0.1) is 12.4 Å². The fraction of sp³-hybridized carbons (Fsp3) is 0.412. The largest absolute Gasteiger partial charge is 0.368 e. The number of hydrogen-bond acceptors (Lipinski definition) is 6. The molecule has 25 heavy (non-hydrogen) atoms. The van der Waals surface area contributed by atoms with Gasteiger partial charge in [0.2, 0.25) is 0 Å². The van der Waals surface area contributed by atoms with Crippen molar-refractivity contribution in [3.63, 3.8) is 0 Å². The van der Waals surface area contributed by atoms with Crippen LogP contribution < -0.4 is 15.5 Å². The smallest absolute Gasteiger partial charge is 0.290 e. The van der Waals surface area contributed by atoms with Crippen LogP contribution in [0.25, 0.3) is 6.08 Å². The first kappa shape index (κ1) is 19.8. The highest BCUT2D eigenvalue weighted by Gasteiger charge is 2.26. The van der Waals surface area contributed by atoms with Crippen LogP contribution in [0.3, 0.4) is 0 Å². The molecule has 2 heterocycles. The van der Waals surface area contributed by atoms with Gasteiger partial charge in [0.05, 0.1) is 4.91 Å². The molecule has 3 rings (SSSR count). The molecule has 2 aliphatic rings. The third-order valence-corrected chi connectivity index (χ3v) is 5.07. The molecule has 1 aromatic rings. The molecule has 2 aliphatic heterocycles. The third-order valence-electron chi connectivity index (χ3n) is 4.26. The van der Waals surface area contributed by atoms with Crippen molar-refractivity contribution in [2.75, 3.05) is 51.2 Å². The summed E-state index contributed by atoms with van der Waals surface area (Å²) in [7, 11) is 1.97. The first-order valence-electron chi connectivity index (χ1n) is 8.13. The fourth-order valence-corrected chi connectivity index (χ4v) is 3.62. The van der Waals surface area contributed by atoms with Gasteiger partial charge in [0.25, 0.3) is 11.1 Å². The van der Waals surface area contributed by atoms with Gasteiger partial charge < -0.3 is 10.2 Å². The number of likely N-dealkylation sites (N-methyl/N-ethyl adjacent to an activating group) is 1. The van der Waals surface area contributed by atoms with Crippen LogP contribution in [0, 0.1) is 0 Å². The Balaban J connectivity index is 0.00000225. The molecule has 8 heteroatoms. The monoisotopic (exact) mass is 382 g/mol. The van der Waals surface area contributed by atoms with E-state index in [0.717, 1.165) is 62.3 Å². The third kappa shape index (κ3) is 4.98. The van der Waals surface area contributed by atoms with Gasteiger partial charge in [0, 0.05) is 45.0 Å². The maximum Gasteiger partial charge on any atom is 0.290 e. The Kier molecular flexibility index (Phi) is 7.31. The van der Waals surface area contributed by atoms with Crippen molar-refractivity contribution in [2.24, 2.45) is 0 Å². The molecule has 136 valence electrons. The molecular formula is C17H23ClN4O2S. The van der Waals surface area contributed by atoms with Gasteiger partial charge in [0.15, 0.2) is 0 Å². The normalized spacial score (nSPS) is 19.9. The molecule has 6 nitrogen and oxygen atoms in total. The van der Waals surface area contributed by atoms with Crippen LogP contribution in [0.4, 0.5) is 10.5 Å². The molecular weight excluding hydrogens is 360 g/mol. The lowest BCUT2D eigenvalue weighted by Gasteiger charge is -2.36. The highest BCUT2D eigenvalue weighted by molar-refractivity contribution is 8.18. The number of imide groups is 1. The maximum absolute atomic E-state index is 11.8. The van der Waals surface area contributed by atoms with Crippen molar-refractivity contribution in [3.8, 4) is 0 Å². The van der Waals surface area contributed by atoms with Crippen LogP contribution in [0.15, 0.2) is 29.2 Å². The Morgan fingerprint density at radius 2 is 1.92 bits per heavy atom. The van der Waals surface area contributed by atoms with Crippen molar-refractivity contribution < 1.29 is 9.59 Å². The lowest BCUT2D eigenvalue weighted by atomic mass is 10.1. The fourth-order valence-electron chi connectivity index (χ4n) is 2.94. The topological polar surface area (TPSA) is 64.7 Å². The number of carbonyl (C=O) groups is 2. The minimum absolute atomic E-state index is 0. The molecule has 2 amide bonds. The van der Waals surface area contributed by atoms with Gasteiger partial charge in [-0.1, -0.05) is 18.2 Å². The summed E-state index contributed by atoms with van der Waals surface area (Å²) in [6.07, 6.45) is 1.81. The Hall–Kier alpha value is -1.54. The zero-order valence-electron chi connectivity index (χ0n) is 14.2. The predicted molar refractivity (Wildman–Crippen MR) is 105 cm³/mol. The SMILES string of the molecule is CNCCN1CCN(c2ccccc2/C=C2/SC(=O)NC2=O)CC1.Cl. The number of amides is 2. The second kappa shape index (κ2) is 9.24. The van der Waals surface area contributed by atoms with Gasteiger partial charge in [-0.25, -0.2) is 0 Å². The number of piperazine rings is 1.